The van der Waals surface area contributed by atoms with Crippen molar-refractivity contribution < 1.29 is 28.9 Å². The molecular formula is C13H16O6. The quantitative estimate of drug-likeness (QED) is 0.759. The number of hydrogen-bond donors (Lipinski definition) is 1. The molecule has 1 aromatic carbocycles. The van der Waals surface area contributed by atoms with Gasteiger partial charge in [-0.05, 0) is 18.6 Å². The molecule has 0 radical (unpaired) electrons. The van der Waals surface area contributed by atoms with Gasteiger partial charge in [-0.2, -0.15) is 0 Å². The van der Waals surface area contributed by atoms with Gasteiger partial charge in [-0.3, -0.25) is 4.79 Å². The molecule has 0 aromatic heterocycles. The highest BCUT2D eigenvalue weighted by Crippen LogP contribution is 2.38. The van der Waals surface area contributed by atoms with Gasteiger partial charge >= 0.3 is 5.97 Å². The molecule has 0 spiro atoms. The van der Waals surface area contributed by atoms with E-state index in [1.54, 1.807) is 6.92 Å². The Morgan fingerprint density at radius 2 is 1.95 bits per heavy atom. The average Bonchev–Trinajstić information content (AvgIpc) is 2.42. The zero-order valence-corrected chi connectivity index (χ0v) is 11.0. The Kier molecular flexibility index (Phi) is 5.17. The van der Waals surface area contributed by atoms with Crippen LogP contribution in [-0.4, -0.2) is 37.7 Å². The lowest BCUT2D eigenvalue weighted by atomic mass is 10.2. The highest BCUT2D eigenvalue weighted by molar-refractivity contribution is 5.79. The van der Waals surface area contributed by atoms with Gasteiger partial charge in [0.15, 0.2) is 17.6 Å². The highest BCUT2D eigenvalue weighted by atomic mass is 16.5. The second-order valence-electron chi connectivity index (χ2n) is 3.73. The van der Waals surface area contributed by atoms with Gasteiger partial charge in [0.05, 0.1) is 14.2 Å². The van der Waals surface area contributed by atoms with Gasteiger partial charge in [0.25, 0.3) is 0 Å². The lowest BCUT2D eigenvalue weighted by molar-refractivity contribution is -0.145. The first-order valence-corrected chi connectivity index (χ1v) is 5.68. The Hall–Kier alpha value is -2.24. The Morgan fingerprint density at radius 3 is 2.37 bits per heavy atom. The SMILES string of the molecule is CCC(Oc1cc(C=O)cc(OC)c1OC)C(=O)O. The van der Waals surface area contributed by atoms with Crippen LogP contribution in [0.3, 0.4) is 0 Å². The third-order valence-electron chi connectivity index (χ3n) is 2.52. The van der Waals surface area contributed by atoms with Gasteiger partial charge in [0.1, 0.15) is 6.29 Å². The Bertz CT molecular complexity index is 468. The molecule has 0 fully saturated rings. The fraction of sp³-hybridized carbons (Fsp3) is 0.385. The van der Waals surface area contributed by atoms with Gasteiger partial charge in [-0.15, -0.1) is 0 Å². The Morgan fingerprint density at radius 1 is 1.32 bits per heavy atom. The third-order valence-corrected chi connectivity index (χ3v) is 2.52. The van der Waals surface area contributed by atoms with Crippen molar-refractivity contribution in [3.63, 3.8) is 0 Å². The summed E-state index contributed by atoms with van der Waals surface area (Å²) >= 11 is 0. The van der Waals surface area contributed by atoms with Gasteiger partial charge in [0.2, 0.25) is 5.75 Å². The number of rotatable bonds is 7. The van der Waals surface area contributed by atoms with Crippen molar-refractivity contribution in [3.8, 4) is 17.2 Å². The van der Waals surface area contributed by atoms with E-state index < -0.39 is 12.1 Å². The second-order valence-corrected chi connectivity index (χ2v) is 3.73. The molecule has 0 amide bonds. The number of carboxylic acid groups (broad SMARTS) is 1. The molecule has 1 aromatic rings. The molecule has 0 aliphatic carbocycles. The van der Waals surface area contributed by atoms with Crippen LogP contribution in [0, 0.1) is 0 Å². The van der Waals surface area contributed by atoms with Crippen LogP contribution in [0.5, 0.6) is 17.2 Å². The van der Waals surface area contributed by atoms with E-state index >= 15 is 0 Å². The van der Waals surface area contributed by atoms with Crippen LogP contribution < -0.4 is 14.2 Å². The van der Waals surface area contributed by atoms with Crippen LogP contribution in [0.15, 0.2) is 12.1 Å². The van der Waals surface area contributed by atoms with Crippen molar-refractivity contribution >= 4 is 12.3 Å². The number of ether oxygens (including phenoxy) is 3. The molecule has 0 saturated carbocycles. The minimum atomic E-state index is -1.08. The molecule has 6 nitrogen and oxygen atoms in total. The largest absolute Gasteiger partial charge is 0.493 e. The summed E-state index contributed by atoms with van der Waals surface area (Å²) in [5, 5.41) is 8.98. The summed E-state index contributed by atoms with van der Waals surface area (Å²) in [6.45, 7) is 1.69. The van der Waals surface area contributed by atoms with Crippen molar-refractivity contribution in [2.24, 2.45) is 0 Å². The van der Waals surface area contributed by atoms with Crippen molar-refractivity contribution in [1.29, 1.82) is 0 Å². The number of methoxy groups -OCH3 is 2. The maximum atomic E-state index is 11.0. The summed E-state index contributed by atoms with van der Waals surface area (Å²) in [6, 6.07) is 2.90. The zero-order valence-electron chi connectivity index (χ0n) is 11.0. The topological polar surface area (TPSA) is 82.1 Å². The number of benzene rings is 1. The number of hydrogen-bond acceptors (Lipinski definition) is 5. The van der Waals surface area contributed by atoms with Crippen molar-refractivity contribution in [2.75, 3.05) is 14.2 Å². The number of aldehydes is 1. The fourth-order valence-corrected chi connectivity index (χ4v) is 1.57. The first kappa shape index (κ1) is 14.8. The van der Waals surface area contributed by atoms with E-state index in [2.05, 4.69) is 0 Å². The summed E-state index contributed by atoms with van der Waals surface area (Å²) in [7, 11) is 2.83. The number of carboxylic acids is 1. The Labute approximate surface area is 110 Å². The van der Waals surface area contributed by atoms with E-state index in [-0.39, 0.29) is 17.9 Å². The van der Waals surface area contributed by atoms with E-state index in [0.717, 1.165) is 0 Å². The van der Waals surface area contributed by atoms with Crippen LogP contribution >= 0.6 is 0 Å². The van der Waals surface area contributed by atoms with Crippen LogP contribution in [0.1, 0.15) is 23.7 Å². The van der Waals surface area contributed by atoms with Crippen LogP contribution in [0.2, 0.25) is 0 Å². The summed E-state index contributed by atoms with van der Waals surface area (Å²) in [6.07, 6.45) is -0.108. The molecule has 1 unspecified atom stereocenters. The molecular weight excluding hydrogens is 252 g/mol. The number of aliphatic carboxylic acids is 1. The Balaban J connectivity index is 3.23. The first-order chi connectivity index (χ1) is 9.07. The summed E-state index contributed by atoms with van der Waals surface area (Å²) < 4.78 is 15.6. The molecule has 1 N–H and O–H groups in total. The standard InChI is InChI=1S/C13H16O6/c1-4-9(13(15)16)19-11-6-8(7-14)5-10(17-2)12(11)18-3/h5-7,9H,4H2,1-3H3,(H,15,16). The molecule has 1 atom stereocenters. The molecule has 1 rings (SSSR count). The fourth-order valence-electron chi connectivity index (χ4n) is 1.57. The zero-order chi connectivity index (χ0) is 14.4. The third kappa shape index (κ3) is 3.37. The van der Waals surface area contributed by atoms with Gasteiger partial charge in [-0.1, -0.05) is 6.92 Å². The predicted molar refractivity (Wildman–Crippen MR) is 67.3 cm³/mol. The van der Waals surface area contributed by atoms with Gasteiger partial charge < -0.3 is 19.3 Å². The van der Waals surface area contributed by atoms with Gasteiger partial charge in [0, 0.05) is 5.56 Å². The van der Waals surface area contributed by atoms with E-state index in [4.69, 9.17) is 19.3 Å². The lowest BCUT2D eigenvalue weighted by Crippen LogP contribution is -2.26. The van der Waals surface area contributed by atoms with Crippen molar-refractivity contribution in [1.82, 2.24) is 0 Å². The molecule has 104 valence electrons. The smallest absolute Gasteiger partial charge is 0.344 e. The molecule has 0 aliphatic heterocycles. The molecule has 0 saturated heterocycles. The minimum Gasteiger partial charge on any atom is -0.493 e. The van der Waals surface area contributed by atoms with Crippen LogP contribution in [-0.2, 0) is 4.79 Å². The minimum absolute atomic E-state index is 0.165. The van der Waals surface area contributed by atoms with Crippen LogP contribution in [0.4, 0.5) is 0 Å². The van der Waals surface area contributed by atoms with E-state index in [1.807, 2.05) is 0 Å². The summed E-state index contributed by atoms with van der Waals surface area (Å²) in [5.74, 6) is -0.353. The highest BCUT2D eigenvalue weighted by Gasteiger charge is 2.21. The second kappa shape index (κ2) is 6.63. The molecule has 0 heterocycles. The predicted octanol–water partition coefficient (Wildman–Crippen LogP) is 1.76. The number of carbonyl (C=O) groups excluding carboxylic acids is 1. The molecule has 0 bridgehead atoms. The maximum absolute atomic E-state index is 11.0. The van der Waals surface area contributed by atoms with E-state index in [1.165, 1.54) is 26.4 Å². The lowest BCUT2D eigenvalue weighted by Gasteiger charge is -2.18. The van der Waals surface area contributed by atoms with Crippen molar-refractivity contribution in [3.05, 3.63) is 17.7 Å². The number of carbonyl (C=O) groups is 2. The molecule has 0 aliphatic rings. The average molecular weight is 268 g/mol. The summed E-state index contributed by atoms with van der Waals surface area (Å²) in [5.41, 5.74) is 0.313. The maximum Gasteiger partial charge on any atom is 0.344 e. The van der Waals surface area contributed by atoms with Crippen molar-refractivity contribution in [2.45, 2.75) is 19.4 Å². The summed E-state index contributed by atoms with van der Waals surface area (Å²) in [4.78, 5) is 21.8. The normalized spacial score (nSPS) is 11.5. The van der Waals surface area contributed by atoms with Gasteiger partial charge in [-0.25, -0.2) is 4.79 Å². The van der Waals surface area contributed by atoms with E-state index in [9.17, 15) is 9.59 Å². The molecule has 19 heavy (non-hydrogen) atoms. The van der Waals surface area contributed by atoms with E-state index in [0.29, 0.717) is 17.6 Å². The first-order valence-electron chi connectivity index (χ1n) is 5.68. The molecule has 6 heteroatoms. The monoisotopic (exact) mass is 268 g/mol. The van der Waals surface area contributed by atoms with Crippen LogP contribution in [0.25, 0.3) is 0 Å².